The van der Waals surface area contributed by atoms with Crippen LogP contribution in [0, 0.1) is 6.92 Å². The summed E-state index contributed by atoms with van der Waals surface area (Å²) in [5.41, 5.74) is 1.03. The molecule has 0 saturated carbocycles. The second-order valence-corrected chi connectivity index (χ2v) is 9.43. The lowest BCUT2D eigenvalue weighted by Gasteiger charge is -2.54. The van der Waals surface area contributed by atoms with Crippen LogP contribution in [-0.2, 0) is 0 Å². The Bertz CT molecular complexity index is 1030. The highest BCUT2D eigenvalue weighted by atomic mass is 32.1. The number of nitrogens with one attached hydrogen (secondary N) is 2. The van der Waals surface area contributed by atoms with Crippen molar-refractivity contribution in [3.05, 3.63) is 23.2 Å². The minimum absolute atomic E-state index is 0.517. The number of hydrogen-bond donors (Lipinski definition) is 2. The van der Waals surface area contributed by atoms with E-state index in [0.29, 0.717) is 6.04 Å². The lowest BCUT2D eigenvalue weighted by Crippen LogP contribution is -2.62. The van der Waals surface area contributed by atoms with Gasteiger partial charge in [0, 0.05) is 43.0 Å². The van der Waals surface area contributed by atoms with E-state index in [9.17, 15) is 0 Å². The molecule has 28 heavy (non-hydrogen) atoms. The van der Waals surface area contributed by atoms with E-state index in [1.54, 1.807) is 11.3 Å². The molecule has 0 amide bonds. The summed E-state index contributed by atoms with van der Waals surface area (Å²) < 4.78 is 0. The van der Waals surface area contributed by atoms with Crippen LogP contribution in [-0.4, -0.2) is 56.3 Å². The first-order valence-corrected chi connectivity index (χ1v) is 11.1. The average Bonchev–Trinajstić information content (AvgIpc) is 3.38. The maximum absolute atomic E-state index is 4.92. The molecule has 3 aromatic rings. The van der Waals surface area contributed by atoms with E-state index in [0.717, 1.165) is 51.6 Å². The SMILES string of the molecule is Cc1cc(Nc2nc(N(C)C3CC4CCC5CC(C3)N45)nc3sccc23)n[nH]1. The summed E-state index contributed by atoms with van der Waals surface area (Å²) in [6.45, 7) is 2.00. The fourth-order valence-corrected chi connectivity index (χ4v) is 6.24. The first-order chi connectivity index (χ1) is 13.7. The van der Waals surface area contributed by atoms with Gasteiger partial charge in [-0.2, -0.15) is 10.1 Å². The number of fused-ring (bicyclic) bond motifs is 1. The van der Waals surface area contributed by atoms with Crippen LogP contribution in [0.2, 0.25) is 0 Å². The average molecular weight is 396 g/mol. The molecule has 7 nitrogen and oxygen atoms in total. The van der Waals surface area contributed by atoms with Crippen molar-refractivity contribution in [3.63, 3.8) is 0 Å². The number of H-pyrrole nitrogens is 1. The van der Waals surface area contributed by atoms with Crippen LogP contribution in [0.5, 0.6) is 0 Å². The summed E-state index contributed by atoms with van der Waals surface area (Å²) in [5, 5.41) is 13.8. The van der Waals surface area contributed by atoms with E-state index in [4.69, 9.17) is 9.97 Å². The molecule has 2 N–H and O–H groups in total. The molecule has 6 heterocycles. The lowest BCUT2D eigenvalue weighted by atomic mass is 9.83. The normalized spacial score (nSPS) is 28.9. The molecule has 3 saturated heterocycles. The highest BCUT2D eigenvalue weighted by molar-refractivity contribution is 7.16. The number of aromatic nitrogens is 4. The minimum Gasteiger partial charge on any atom is -0.341 e. The van der Waals surface area contributed by atoms with Gasteiger partial charge in [-0.25, -0.2) is 4.98 Å². The number of hydrogen-bond acceptors (Lipinski definition) is 7. The molecular formula is C20H25N7S. The second kappa shape index (κ2) is 6.15. The van der Waals surface area contributed by atoms with Crippen LogP contribution < -0.4 is 10.2 Å². The third kappa shape index (κ3) is 2.54. The minimum atomic E-state index is 0.517. The van der Waals surface area contributed by atoms with Gasteiger partial charge in [-0.15, -0.1) is 11.3 Å². The van der Waals surface area contributed by atoms with E-state index in [2.05, 4.69) is 43.8 Å². The number of aromatic amines is 1. The molecule has 4 unspecified atom stereocenters. The monoisotopic (exact) mass is 395 g/mol. The van der Waals surface area contributed by atoms with Gasteiger partial charge in [-0.05, 0) is 50.5 Å². The summed E-state index contributed by atoms with van der Waals surface area (Å²) in [4.78, 5) is 15.9. The van der Waals surface area contributed by atoms with Crippen LogP contribution >= 0.6 is 11.3 Å². The molecule has 0 aromatic carbocycles. The largest absolute Gasteiger partial charge is 0.341 e. The Balaban J connectivity index is 1.31. The molecule has 3 aromatic heterocycles. The number of rotatable bonds is 4. The molecule has 8 heteroatoms. The van der Waals surface area contributed by atoms with Crippen molar-refractivity contribution in [1.82, 2.24) is 25.1 Å². The van der Waals surface area contributed by atoms with Crippen molar-refractivity contribution in [3.8, 4) is 0 Å². The van der Waals surface area contributed by atoms with Gasteiger partial charge in [-0.1, -0.05) is 0 Å². The number of piperidine rings is 1. The van der Waals surface area contributed by atoms with Crippen molar-refractivity contribution < 1.29 is 0 Å². The lowest BCUT2D eigenvalue weighted by molar-refractivity contribution is -0.0212. The van der Waals surface area contributed by atoms with E-state index < -0.39 is 0 Å². The topological polar surface area (TPSA) is 73.0 Å². The Kier molecular flexibility index (Phi) is 3.68. The summed E-state index contributed by atoms with van der Waals surface area (Å²) in [6.07, 6.45) is 6.61. The van der Waals surface area contributed by atoms with Crippen LogP contribution in [0.15, 0.2) is 17.5 Å². The molecule has 4 atom stereocenters. The molecule has 3 fully saturated rings. The molecular weight excluding hydrogens is 370 g/mol. The van der Waals surface area contributed by atoms with Gasteiger partial charge in [0.15, 0.2) is 5.82 Å². The van der Waals surface area contributed by atoms with Crippen molar-refractivity contribution in [2.24, 2.45) is 0 Å². The zero-order valence-electron chi connectivity index (χ0n) is 16.2. The molecule has 0 aliphatic carbocycles. The molecule has 0 bridgehead atoms. The first-order valence-electron chi connectivity index (χ1n) is 10.2. The molecule has 146 valence electrons. The van der Waals surface area contributed by atoms with Crippen molar-refractivity contribution >= 4 is 39.1 Å². The fraction of sp³-hybridized carbons (Fsp3) is 0.550. The molecule has 6 rings (SSSR count). The van der Waals surface area contributed by atoms with Crippen LogP contribution in [0.3, 0.4) is 0 Å². The van der Waals surface area contributed by atoms with Gasteiger partial charge >= 0.3 is 0 Å². The maximum Gasteiger partial charge on any atom is 0.228 e. The quantitative estimate of drug-likeness (QED) is 0.702. The van der Waals surface area contributed by atoms with Crippen LogP contribution in [0.1, 0.15) is 37.8 Å². The van der Waals surface area contributed by atoms with E-state index in [1.807, 2.05) is 13.0 Å². The van der Waals surface area contributed by atoms with Gasteiger partial charge in [0.05, 0.1) is 5.39 Å². The van der Waals surface area contributed by atoms with Crippen LogP contribution in [0.25, 0.3) is 10.2 Å². The van der Waals surface area contributed by atoms with E-state index >= 15 is 0 Å². The van der Waals surface area contributed by atoms with E-state index in [-0.39, 0.29) is 0 Å². The van der Waals surface area contributed by atoms with Crippen LogP contribution in [0.4, 0.5) is 17.6 Å². The standard InChI is InChI=1S/C20H25N7S/c1-11-7-17(25-24-11)21-18-16-5-6-28-19(16)23-20(22-18)26(2)14-8-12-3-4-13-9-15(10-14)27(12)13/h5-7,12-15H,3-4,8-10H2,1-2H3,(H2,21,22,23,24,25). The zero-order chi connectivity index (χ0) is 18.8. The number of aryl methyl sites for hydroxylation is 1. The Morgan fingerprint density at radius 2 is 2.00 bits per heavy atom. The summed E-state index contributed by atoms with van der Waals surface area (Å²) >= 11 is 1.67. The molecule has 0 radical (unpaired) electrons. The summed E-state index contributed by atoms with van der Waals surface area (Å²) in [7, 11) is 2.17. The zero-order valence-corrected chi connectivity index (χ0v) is 17.0. The van der Waals surface area contributed by atoms with Gasteiger partial charge in [-0.3, -0.25) is 10.00 Å². The Morgan fingerprint density at radius 3 is 2.82 bits per heavy atom. The fourth-order valence-electron chi connectivity index (χ4n) is 5.48. The third-order valence-electron chi connectivity index (χ3n) is 6.86. The summed E-state index contributed by atoms with van der Waals surface area (Å²) in [6, 6.07) is 7.01. The number of nitrogens with zero attached hydrogens (tertiary/aromatic N) is 5. The molecule has 3 aliphatic rings. The third-order valence-corrected chi connectivity index (χ3v) is 7.67. The Hall–Kier alpha value is -2.19. The number of anilines is 3. The maximum atomic E-state index is 4.92. The molecule has 0 spiro atoms. The predicted octanol–water partition coefficient (Wildman–Crippen LogP) is 3.67. The Labute approximate surface area is 168 Å². The smallest absolute Gasteiger partial charge is 0.228 e. The Morgan fingerprint density at radius 1 is 1.18 bits per heavy atom. The van der Waals surface area contributed by atoms with Crippen molar-refractivity contribution in [2.75, 3.05) is 17.3 Å². The van der Waals surface area contributed by atoms with Crippen molar-refractivity contribution in [1.29, 1.82) is 0 Å². The van der Waals surface area contributed by atoms with E-state index in [1.165, 1.54) is 32.1 Å². The van der Waals surface area contributed by atoms with Gasteiger partial charge in [0.2, 0.25) is 5.95 Å². The number of thiophene rings is 1. The molecule has 3 aliphatic heterocycles. The van der Waals surface area contributed by atoms with Gasteiger partial charge in [0.1, 0.15) is 10.6 Å². The summed E-state index contributed by atoms with van der Waals surface area (Å²) in [5.74, 6) is 2.44. The highest BCUT2D eigenvalue weighted by Gasteiger charge is 2.51. The van der Waals surface area contributed by atoms with Gasteiger partial charge < -0.3 is 10.2 Å². The van der Waals surface area contributed by atoms with Gasteiger partial charge in [0.25, 0.3) is 0 Å². The van der Waals surface area contributed by atoms with Crippen molar-refractivity contribution in [2.45, 2.75) is 63.2 Å². The predicted molar refractivity (Wildman–Crippen MR) is 113 cm³/mol. The highest BCUT2D eigenvalue weighted by Crippen LogP contribution is 2.47. The first kappa shape index (κ1) is 16.7. The second-order valence-electron chi connectivity index (χ2n) is 8.53.